The van der Waals surface area contributed by atoms with Crippen molar-refractivity contribution in [2.24, 2.45) is 0 Å². The van der Waals surface area contributed by atoms with Crippen LogP contribution in [-0.4, -0.2) is 119 Å². The molecule has 2 aliphatic rings. The summed E-state index contributed by atoms with van der Waals surface area (Å²) in [6, 6.07) is 19.6. The van der Waals surface area contributed by atoms with E-state index in [4.69, 9.17) is 18.6 Å². The third-order valence-electron chi connectivity index (χ3n) is 7.67. The Morgan fingerprint density at radius 3 is 1.50 bits per heavy atom. The first kappa shape index (κ1) is 31.2. The van der Waals surface area contributed by atoms with E-state index in [1.807, 2.05) is 60.7 Å². The summed E-state index contributed by atoms with van der Waals surface area (Å²) < 4.78 is 23.6. The SMILES string of the molecule is CC(C)(C)[Si](OC[C@H]1O[C@H](O[C@H]2O[C@H](CO)[C@@H](O)[C@H](O)[C@H]2O)[C@H](O)[C@@H](O)[C@@H]1O)(c1ccccc1)c1ccccc1. The van der Waals surface area contributed by atoms with Gasteiger partial charge in [0.2, 0.25) is 0 Å². The van der Waals surface area contributed by atoms with Gasteiger partial charge in [0.1, 0.15) is 48.8 Å². The molecule has 11 nitrogen and oxygen atoms in total. The van der Waals surface area contributed by atoms with Gasteiger partial charge in [0.15, 0.2) is 12.6 Å². The summed E-state index contributed by atoms with van der Waals surface area (Å²) in [4.78, 5) is 0. The Bertz CT molecular complexity index is 1030. The van der Waals surface area contributed by atoms with Crippen LogP contribution in [0, 0.1) is 0 Å². The monoisotopic (exact) mass is 580 g/mol. The number of benzene rings is 2. The van der Waals surface area contributed by atoms with Gasteiger partial charge in [-0.25, -0.2) is 0 Å². The molecule has 2 fully saturated rings. The normalized spacial score (nSPS) is 35.5. The molecule has 0 radical (unpaired) electrons. The van der Waals surface area contributed by atoms with E-state index in [9.17, 15) is 35.7 Å². The van der Waals surface area contributed by atoms with Crippen molar-refractivity contribution in [3.63, 3.8) is 0 Å². The molecule has 0 saturated carbocycles. The third kappa shape index (κ3) is 5.90. The minimum absolute atomic E-state index is 0.174. The van der Waals surface area contributed by atoms with Crippen molar-refractivity contribution < 1.29 is 54.4 Å². The zero-order valence-corrected chi connectivity index (χ0v) is 23.7. The van der Waals surface area contributed by atoms with Gasteiger partial charge in [0.25, 0.3) is 8.32 Å². The lowest BCUT2D eigenvalue weighted by Gasteiger charge is -2.47. The van der Waals surface area contributed by atoms with E-state index in [0.717, 1.165) is 10.4 Å². The fourth-order valence-electron chi connectivity index (χ4n) is 5.45. The summed E-state index contributed by atoms with van der Waals surface area (Å²) in [6.45, 7) is 5.41. The summed E-state index contributed by atoms with van der Waals surface area (Å²) >= 11 is 0. The average molecular weight is 581 g/mol. The fraction of sp³-hybridized carbons (Fsp3) is 0.571. The second-order valence-corrected chi connectivity index (χ2v) is 15.6. The Kier molecular flexibility index (Phi) is 9.82. The van der Waals surface area contributed by atoms with Crippen molar-refractivity contribution in [1.82, 2.24) is 0 Å². The summed E-state index contributed by atoms with van der Waals surface area (Å²) in [5, 5.41) is 73.7. The molecular formula is C28H40O11Si. The van der Waals surface area contributed by atoms with E-state index in [1.165, 1.54) is 0 Å². The molecule has 2 saturated heterocycles. The number of aliphatic hydroxyl groups excluding tert-OH is 7. The van der Waals surface area contributed by atoms with Gasteiger partial charge in [0.05, 0.1) is 13.2 Å². The first-order valence-electron chi connectivity index (χ1n) is 13.3. The van der Waals surface area contributed by atoms with E-state index in [-0.39, 0.29) is 11.6 Å². The van der Waals surface area contributed by atoms with Gasteiger partial charge in [-0.2, -0.15) is 0 Å². The Morgan fingerprint density at radius 1 is 0.650 bits per heavy atom. The molecule has 0 spiro atoms. The van der Waals surface area contributed by atoms with Crippen LogP contribution in [0.2, 0.25) is 5.04 Å². The molecule has 222 valence electrons. The maximum atomic E-state index is 10.8. The zero-order valence-electron chi connectivity index (χ0n) is 22.7. The predicted octanol–water partition coefficient (Wildman–Crippen LogP) is -1.81. The molecule has 40 heavy (non-hydrogen) atoms. The van der Waals surface area contributed by atoms with Crippen LogP contribution in [0.3, 0.4) is 0 Å². The lowest BCUT2D eigenvalue weighted by molar-refractivity contribution is -0.376. The van der Waals surface area contributed by atoms with Crippen LogP contribution in [0.5, 0.6) is 0 Å². The highest BCUT2D eigenvalue weighted by atomic mass is 28.4. The largest absolute Gasteiger partial charge is 0.405 e. The molecule has 4 rings (SSSR count). The second kappa shape index (κ2) is 12.6. The molecule has 0 aromatic heterocycles. The maximum Gasteiger partial charge on any atom is 0.261 e. The average Bonchev–Trinajstić information content (AvgIpc) is 2.94. The van der Waals surface area contributed by atoms with Crippen molar-refractivity contribution >= 4 is 18.7 Å². The molecule has 12 heteroatoms. The lowest BCUT2D eigenvalue weighted by atomic mass is 9.98. The van der Waals surface area contributed by atoms with Gasteiger partial charge < -0.3 is 54.4 Å². The Morgan fingerprint density at radius 2 is 1.07 bits per heavy atom. The number of aliphatic hydroxyl groups is 7. The Balaban J connectivity index is 1.60. The molecule has 0 unspecified atom stereocenters. The summed E-state index contributed by atoms with van der Waals surface area (Å²) in [5.74, 6) is 0. The van der Waals surface area contributed by atoms with E-state index < -0.39 is 76.3 Å². The topological polar surface area (TPSA) is 179 Å². The van der Waals surface area contributed by atoms with Crippen molar-refractivity contribution in [1.29, 1.82) is 0 Å². The Hall–Kier alpha value is -1.78. The molecular weight excluding hydrogens is 540 g/mol. The fourth-order valence-corrected chi connectivity index (χ4v) is 10.0. The second-order valence-electron chi connectivity index (χ2n) is 11.3. The molecule has 2 heterocycles. The molecule has 0 aliphatic carbocycles. The first-order valence-corrected chi connectivity index (χ1v) is 15.2. The Labute approximate surface area is 234 Å². The van der Waals surface area contributed by atoms with Crippen molar-refractivity contribution in [2.75, 3.05) is 13.2 Å². The predicted molar refractivity (Wildman–Crippen MR) is 145 cm³/mol. The van der Waals surface area contributed by atoms with Crippen molar-refractivity contribution in [3.05, 3.63) is 60.7 Å². The third-order valence-corrected chi connectivity index (χ3v) is 12.7. The van der Waals surface area contributed by atoms with Crippen LogP contribution in [0.15, 0.2) is 60.7 Å². The van der Waals surface area contributed by atoms with Crippen LogP contribution in [0.4, 0.5) is 0 Å². The number of ether oxygens (including phenoxy) is 3. The zero-order chi connectivity index (χ0) is 29.2. The van der Waals surface area contributed by atoms with E-state index in [1.54, 1.807) is 0 Å². The summed E-state index contributed by atoms with van der Waals surface area (Å²) in [7, 11) is -3.04. The highest BCUT2D eigenvalue weighted by Crippen LogP contribution is 2.37. The molecule has 7 N–H and O–H groups in total. The smallest absolute Gasteiger partial charge is 0.261 e. The molecule has 2 aromatic carbocycles. The van der Waals surface area contributed by atoms with Crippen molar-refractivity contribution in [3.8, 4) is 0 Å². The quantitative estimate of drug-likeness (QED) is 0.175. The highest BCUT2D eigenvalue weighted by Gasteiger charge is 2.53. The van der Waals surface area contributed by atoms with Crippen molar-refractivity contribution in [2.45, 2.75) is 87.2 Å². The highest BCUT2D eigenvalue weighted by molar-refractivity contribution is 6.99. The summed E-state index contributed by atoms with van der Waals surface area (Å²) in [5.41, 5.74) is 0. The van der Waals surface area contributed by atoms with Crippen LogP contribution < -0.4 is 10.4 Å². The number of rotatable bonds is 8. The standard InChI is InChI=1S/C28H40O11Si/c1-28(2,3)40(16-10-6-4-7-11-16,17-12-8-5-9-13-17)36-15-19-21(31)23(33)25(35)27(38-19)39-26-24(34)22(32)20(30)18(14-29)37-26/h4-13,18-27,29-35H,14-15H2,1-3H3/t18-,19-,20-,21-,22+,23+,24-,25-,26-,27-/m1/s1. The van der Waals surface area contributed by atoms with Gasteiger partial charge in [0, 0.05) is 0 Å². The van der Waals surface area contributed by atoms with E-state index in [0.29, 0.717) is 0 Å². The molecule has 10 atom stereocenters. The van der Waals surface area contributed by atoms with Gasteiger partial charge >= 0.3 is 0 Å². The molecule has 2 aromatic rings. The summed E-state index contributed by atoms with van der Waals surface area (Å²) in [6.07, 6.45) is -15.7. The number of hydrogen-bond acceptors (Lipinski definition) is 11. The van der Waals surface area contributed by atoms with E-state index >= 15 is 0 Å². The molecule has 0 bridgehead atoms. The molecule has 0 amide bonds. The van der Waals surface area contributed by atoms with Crippen LogP contribution in [0.1, 0.15) is 20.8 Å². The van der Waals surface area contributed by atoms with Gasteiger partial charge in [-0.3, -0.25) is 0 Å². The first-order chi connectivity index (χ1) is 18.9. The number of hydrogen-bond donors (Lipinski definition) is 7. The minimum Gasteiger partial charge on any atom is -0.405 e. The molecule has 2 aliphatic heterocycles. The minimum atomic E-state index is -3.04. The maximum absolute atomic E-state index is 10.8. The van der Waals surface area contributed by atoms with Gasteiger partial charge in [-0.15, -0.1) is 0 Å². The van der Waals surface area contributed by atoms with Gasteiger partial charge in [-0.1, -0.05) is 81.4 Å². The lowest BCUT2D eigenvalue weighted by Crippen LogP contribution is -2.68. The van der Waals surface area contributed by atoms with E-state index in [2.05, 4.69) is 20.8 Å². The van der Waals surface area contributed by atoms with Crippen LogP contribution >= 0.6 is 0 Å². The van der Waals surface area contributed by atoms with Crippen LogP contribution in [0.25, 0.3) is 0 Å². The van der Waals surface area contributed by atoms with Crippen LogP contribution in [-0.2, 0) is 18.6 Å². The van der Waals surface area contributed by atoms with Gasteiger partial charge in [-0.05, 0) is 15.4 Å².